The zero-order chi connectivity index (χ0) is 17.5. The van der Waals surface area contributed by atoms with Crippen LogP contribution in [0, 0.1) is 3.57 Å². The predicted molar refractivity (Wildman–Crippen MR) is 95.8 cm³/mol. The molecule has 0 aliphatic heterocycles. The van der Waals surface area contributed by atoms with Crippen molar-refractivity contribution in [2.45, 2.75) is 20.0 Å². The molecule has 0 spiro atoms. The second-order valence-corrected chi connectivity index (χ2v) is 8.03. The van der Waals surface area contributed by atoms with Gasteiger partial charge in [0.05, 0.1) is 0 Å². The van der Waals surface area contributed by atoms with Crippen molar-refractivity contribution in [2.75, 3.05) is 7.11 Å². The molecule has 1 heterocycles. The van der Waals surface area contributed by atoms with Crippen LogP contribution in [0.2, 0.25) is 0 Å². The first-order valence-electron chi connectivity index (χ1n) is 7.13. The Morgan fingerprint density at radius 2 is 1.62 bits per heavy atom. The molecule has 1 aromatic carbocycles. The van der Waals surface area contributed by atoms with Gasteiger partial charge in [0.15, 0.2) is 0 Å². The summed E-state index contributed by atoms with van der Waals surface area (Å²) in [6, 6.07) is 12.8. The van der Waals surface area contributed by atoms with E-state index in [9.17, 15) is 9.59 Å². The van der Waals surface area contributed by atoms with Crippen LogP contribution in [-0.2, 0) is 20.5 Å². The van der Waals surface area contributed by atoms with Crippen molar-refractivity contribution >= 4 is 32.6 Å². The molecule has 0 saturated heterocycles. The Labute approximate surface area is 148 Å². The molecule has 0 N–H and O–H groups in total. The molecule has 24 heavy (non-hydrogen) atoms. The molecule has 0 aliphatic rings. The fourth-order valence-corrected chi connectivity index (χ4v) is 5.23. The molecular weight excluding hydrogens is 425 g/mol. The van der Waals surface area contributed by atoms with Crippen molar-refractivity contribution in [2.24, 2.45) is 0 Å². The van der Waals surface area contributed by atoms with Gasteiger partial charge in [-0.15, -0.1) is 0 Å². The van der Waals surface area contributed by atoms with E-state index in [2.05, 4.69) is 4.98 Å². The maximum atomic E-state index is 11.4. The van der Waals surface area contributed by atoms with E-state index in [0.29, 0.717) is 9.26 Å². The molecule has 0 bridgehead atoms. The van der Waals surface area contributed by atoms with Crippen molar-refractivity contribution in [3.63, 3.8) is 0 Å². The van der Waals surface area contributed by atoms with Crippen molar-refractivity contribution in [1.29, 1.82) is 0 Å². The van der Waals surface area contributed by atoms with E-state index in [-0.39, 0.29) is 0 Å². The van der Waals surface area contributed by atoms with Crippen LogP contribution in [0.15, 0.2) is 48.7 Å². The Morgan fingerprint density at radius 3 is 2.17 bits per heavy atom. The van der Waals surface area contributed by atoms with Crippen LogP contribution < -0.4 is 0 Å². The molecule has 0 fully saturated rings. The van der Waals surface area contributed by atoms with Crippen LogP contribution in [0.4, 0.5) is 0 Å². The first kappa shape index (κ1) is 18.3. The first-order valence-corrected chi connectivity index (χ1v) is 9.97. The van der Waals surface area contributed by atoms with E-state index in [4.69, 9.17) is 10.9 Å². The molecule has 128 valence electrons. The Morgan fingerprint density at radius 1 is 1.00 bits per heavy atom. The zero-order valence-electron chi connectivity index (χ0n) is 13.6. The Balaban J connectivity index is 2.47. The van der Waals surface area contributed by atoms with Crippen molar-refractivity contribution in [3.05, 3.63) is 63.5 Å². The summed E-state index contributed by atoms with van der Waals surface area (Å²) in [7, 11) is 1.58. The van der Waals surface area contributed by atoms with E-state index >= 15 is 0 Å². The average molecular weight is 443 g/mol. The summed E-state index contributed by atoms with van der Waals surface area (Å²) in [6.45, 7) is 2.59. The van der Waals surface area contributed by atoms with Gasteiger partial charge in [-0.1, -0.05) is 0 Å². The predicted octanol–water partition coefficient (Wildman–Crippen LogP) is 3.45. The number of benzene rings is 1. The van der Waals surface area contributed by atoms with Gasteiger partial charge in [-0.25, -0.2) is 0 Å². The monoisotopic (exact) mass is 443 g/mol. The Bertz CT molecular complexity index is 691. The molecule has 0 amide bonds. The van der Waals surface area contributed by atoms with Gasteiger partial charge in [0.2, 0.25) is 0 Å². The molecule has 0 aliphatic carbocycles. The van der Waals surface area contributed by atoms with Gasteiger partial charge >= 0.3 is 149 Å². The van der Waals surface area contributed by atoms with Crippen LogP contribution in [0.3, 0.4) is 0 Å². The van der Waals surface area contributed by atoms with E-state index in [1.54, 1.807) is 25.4 Å². The molecular formula is C17H18INO5. The van der Waals surface area contributed by atoms with Gasteiger partial charge in [-0.05, 0) is 0 Å². The maximum absolute atomic E-state index is 11.4. The second kappa shape index (κ2) is 8.74. The van der Waals surface area contributed by atoms with Crippen LogP contribution in [0.5, 0.6) is 0 Å². The molecule has 0 saturated carbocycles. The van der Waals surface area contributed by atoms with E-state index in [1.165, 1.54) is 13.8 Å². The quantitative estimate of drug-likeness (QED) is 0.637. The van der Waals surface area contributed by atoms with Crippen LogP contribution >= 0.6 is 20.6 Å². The van der Waals surface area contributed by atoms with E-state index in [0.717, 1.165) is 5.56 Å². The third-order valence-electron chi connectivity index (χ3n) is 2.90. The number of hydrogen-bond donors (Lipinski definition) is 0. The number of aromatic nitrogens is 1. The molecule has 1 aromatic heterocycles. The summed E-state index contributed by atoms with van der Waals surface area (Å²) < 4.78 is 16.9. The van der Waals surface area contributed by atoms with Gasteiger partial charge in [0.1, 0.15) is 0 Å². The van der Waals surface area contributed by atoms with E-state index < -0.39 is 38.7 Å². The zero-order valence-corrected chi connectivity index (χ0v) is 15.7. The minimum atomic E-state index is -2.95. The van der Waals surface area contributed by atoms with Gasteiger partial charge in [-0.2, -0.15) is 0 Å². The number of rotatable bonds is 6. The van der Waals surface area contributed by atoms with Crippen molar-refractivity contribution in [3.8, 4) is 0 Å². The first-order chi connectivity index (χ1) is 11.5. The number of ether oxygens (including phenoxy) is 1. The summed E-state index contributed by atoms with van der Waals surface area (Å²) >= 11 is -2.95. The average Bonchev–Trinajstić information content (AvgIpc) is 2.55. The molecule has 2 aromatic rings. The van der Waals surface area contributed by atoms with Crippen LogP contribution in [0.1, 0.15) is 31.2 Å². The molecule has 7 heteroatoms. The Kier molecular flexibility index (Phi) is 6.68. The summed E-state index contributed by atoms with van der Waals surface area (Å²) in [6.07, 6.45) is 1.23. The fourth-order valence-electron chi connectivity index (χ4n) is 2.06. The fraction of sp³-hybridized carbons (Fsp3) is 0.235. The van der Waals surface area contributed by atoms with E-state index in [1.807, 2.05) is 30.3 Å². The second-order valence-electron chi connectivity index (χ2n) is 4.75. The van der Waals surface area contributed by atoms with Crippen LogP contribution in [0.25, 0.3) is 0 Å². The van der Waals surface area contributed by atoms with Crippen molar-refractivity contribution < 1.29 is 20.5 Å². The van der Waals surface area contributed by atoms with Gasteiger partial charge in [-0.3, -0.25) is 0 Å². The third kappa shape index (κ3) is 4.75. The SMILES string of the molecule is CO[C@@H](c1ccccn1)c1ccccc1I(OC(C)=O)OC(C)=O. The van der Waals surface area contributed by atoms with Gasteiger partial charge in [0, 0.05) is 0 Å². The number of pyridine rings is 1. The van der Waals surface area contributed by atoms with Gasteiger partial charge in [0.25, 0.3) is 0 Å². The summed E-state index contributed by atoms with van der Waals surface area (Å²) in [5.74, 6) is -0.967. The molecule has 0 unspecified atom stereocenters. The normalized spacial score (nSPS) is 12.2. The number of hydrogen-bond acceptors (Lipinski definition) is 6. The number of methoxy groups -OCH3 is 1. The van der Waals surface area contributed by atoms with Crippen molar-refractivity contribution in [1.82, 2.24) is 4.98 Å². The molecule has 2 rings (SSSR count). The standard InChI is InChI=1S/C17H18INO5/c1-12(20)23-18(24-13(2)21)15-9-5-4-8-14(15)17(22-3)16-10-6-7-11-19-16/h4-11,17H,1-3H3/t17-/m1/s1. The third-order valence-corrected chi connectivity index (χ3v) is 6.88. The molecule has 0 radical (unpaired) electrons. The molecule has 1 atom stereocenters. The van der Waals surface area contributed by atoms with Gasteiger partial charge < -0.3 is 0 Å². The number of carbonyl (C=O) groups excluding carboxylic acids is 2. The molecule has 6 nitrogen and oxygen atoms in total. The minimum absolute atomic E-state index is 0.451. The van der Waals surface area contributed by atoms with Crippen LogP contribution in [-0.4, -0.2) is 24.0 Å². The topological polar surface area (TPSA) is 74.7 Å². The summed E-state index contributed by atoms with van der Waals surface area (Å²) in [5.41, 5.74) is 1.49. The number of nitrogens with zero attached hydrogens (tertiary/aromatic N) is 1. The summed E-state index contributed by atoms with van der Waals surface area (Å²) in [4.78, 5) is 27.1. The summed E-state index contributed by atoms with van der Waals surface area (Å²) in [5, 5.41) is 0. The number of carbonyl (C=O) groups is 2. The number of halogens is 1. The Hall–Kier alpha value is -2.00.